The number of carbonyl (C=O) groups is 1. The van der Waals surface area contributed by atoms with Crippen molar-refractivity contribution in [2.45, 2.75) is 38.1 Å². The van der Waals surface area contributed by atoms with Crippen LogP contribution in [0.1, 0.15) is 32.1 Å². The maximum Gasteiger partial charge on any atom is 0.233 e. The molecular weight excluding hydrogens is 389 g/mol. The number of likely N-dealkylation sites (tertiary alicyclic amines) is 2. The van der Waals surface area contributed by atoms with Crippen LogP contribution in [0.2, 0.25) is 0 Å². The monoisotopic (exact) mass is 421 g/mol. The molecule has 0 radical (unpaired) electrons. The third-order valence-electron chi connectivity index (χ3n) is 6.70. The molecule has 1 amide bonds. The van der Waals surface area contributed by atoms with E-state index in [1.165, 1.54) is 25.1 Å². The van der Waals surface area contributed by atoms with E-state index in [2.05, 4.69) is 11.5 Å². The Kier molecular flexibility index (Phi) is 6.71. The topological polar surface area (TPSA) is 49.6 Å². The Morgan fingerprint density at radius 2 is 1.97 bits per heavy atom. The summed E-state index contributed by atoms with van der Waals surface area (Å²) in [5.74, 6) is -1.16. The van der Waals surface area contributed by atoms with Crippen molar-refractivity contribution in [2.24, 2.45) is 11.7 Å². The van der Waals surface area contributed by atoms with Crippen molar-refractivity contribution >= 4 is 18.6 Å². The van der Waals surface area contributed by atoms with Gasteiger partial charge in [0.1, 0.15) is 5.83 Å². The first-order valence-electron chi connectivity index (χ1n) is 11.3. The molecule has 0 bridgehead atoms. The molecular formula is C26H32FN3O. The molecule has 0 saturated carbocycles. The highest BCUT2D eigenvalue weighted by molar-refractivity contribution is 5.83. The fraction of sp³-hybridized carbons (Fsp3) is 0.423. The van der Waals surface area contributed by atoms with Crippen LogP contribution in [0.5, 0.6) is 0 Å². The lowest BCUT2D eigenvalue weighted by Crippen LogP contribution is -2.45. The Balaban J connectivity index is 1.47. The maximum atomic E-state index is 15.1. The first-order valence-corrected chi connectivity index (χ1v) is 11.3. The number of rotatable bonds is 5. The van der Waals surface area contributed by atoms with Crippen molar-refractivity contribution in [3.05, 3.63) is 70.0 Å². The molecule has 2 unspecified atom stereocenters. The second-order valence-electron chi connectivity index (χ2n) is 8.78. The molecule has 5 heteroatoms. The van der Waals surface area contributed by atoms with Crippen LogP contribution in [0, 0.1) is 5.92 Å². The molecule has 2 N–H and O–H groups in total. The molecule has 4 rings (SSSR count). The van der Waals surface area contributed by atoms with Gasteiger partial charge >= 0.3 is 0 Å². The molecule has 31 heavy (non-hydrogen) atoms. The van der Waals surface area contributed by atoms with E-state index in [0.717, 1.165) is 55.0 Å². The highest BCUT2D eigenvalue weighted by atomic mass is 19.1. The normalized spacial score (nSPS) is 25.6. The van der Waals surface area contributed by atoms with E-state index in [4.69, 9.17) is 5.73 Å². The lowest BCUT2D eigenvalue weighted by Gasteiger charge is -2.31. The first kappa shape index (κ1) is 21.6. The summed E-state index contributed by atoms with van der Waals surface area (Å²) in [7, 11) is 0. The minimum Gasteiger partial charge on any atom is -0.404 e. The summed E-state index contributed by atoms with van der Waals surface area (Å²) in [5.41, 5.74) is 7.29. The second-order valence-corrected chi connectivity index (χ2v) is 8.78. The molecule has 2 fully saturated rings. The van der Waals surface area contributed by atoms with Crippen molar-refractivity contribution in [1.82, 2.24) is 9.80 Å². The van der Waals surface area contributed by atoms with E-state index in [0.29, 0.717) is 12.0 Å². The van der Waals surface area contributed by atoms with Crippen LogP contribution in [-0.4, -0.2) is 47.9 Å². The molecule has 0 aromatic heterocycles. The molecule has 0 spiro atoms. The highest BCUT2D eigenvalue weighted by Crippen LogP contribution is 2.32. The molecule has 3 aliphatic rings. The molecule has 2 saturated heterocycles. The van der Waals surface area contributed by atoms with Crippen LogP contribution in [0.4, 0.5) is 4.39 Å². The van der Waals surface area contributed by atoms with Crippen molar-refractivity contribution in [1.29, 1.82) is 0 Å². The number of carbonyl (C=O) groups excluding carboxylic acids is 1. The number of amides is 1. The third-order valence-corrected chi connectivity index (χ3v) is 6.70. The summed E-state index contributed by atoms with van der Waals surface area (Å²) in [6.45, 7) is 7.91. The second kappa shape index (κ2) is 9.65. The van der Waals surface area contributed by atoms with Gasteiger partial charge in [-0.05, 0) is 78.9 Å². The number of allylic oxidation sites excluding steroid dienone is 4. The van der Waals surface area contributed by atoms with Crippen molar-refractivity contribution < 1.29 is 9.18 Å². The van der Waals surface area contributed by atoms with Crippen LogP contribution in [0.25, 0.3) is 12.7 Å². The van der Waals surface area contributed by atoms with Gasteiger partial charge in [-0.2, -0.15) is 0 Å². The summed E-state index contributed by atoms with van der Waals surface area (Å²) in [4.78, 5) is 17.6. The Hall–Kier alpha value is -2.66. The van der Waals surface area contributed by atoms with E-state index in [1.807, 2.05) is 41.3 Å². The van der Waals surface area contributed by atoms with Gasteiger partial charge in [-0.1, -0.05) is 36.9 Å². The van der Waals surface area contributed by atoms with Gasteiger partial charge in [0.15, 0.2) is 0 Å². The van der Waals surface area contributed by atoms with Gasteiger partial charge in [-0.15, -0.1) is 0 Å². The van der Waals surface area contributed by atoms with Gasteiger partial charge in [0.2, 0.25) is 5.91 Å². The average molecular weight is 422 g/mol. The SMILES string of the molecule is C=c1cccc/c1=C/C(=C\N)C1=CCC(C(=O)N2CCCC2CN2CCCC2)C(F)=C1. The lowest BCUT2D eigenvalue weighted by atomic mass is 9.90. The van der Waals surface area contributed by atoms with Gasteiger partial charge < -0.3 is 15.5 Å². The summed E-state index contributed by atoms with van der Waals surface area (Å²) >= 11 is 0. The van der Waals surface area contributed by atoms with Gasteiger partial charge in [0, 0.05) is 25.3 Å². The number of nitrogens with zero attached hydrogens (tertiary/aromatic N) is 2. The molecule has 2 aliphatic heterocycles. The summed E-state index contributed by atoms with van der Waals surface area (Å²) in [6, 6.07) is 7.95. The van der Waals surface area contributed by atoms with Crippen LogP contribution in [-0.2, 0) is 4.79 Å². The number of nitrogens with two attached hydrogens (primary N) is 1. The number of hydrogen-bond acceptors (Lipinski definition) is 3. The molecule has 4 nitrogen and oxygen atoms in total. The van der Waals surface area contributed by atoms with E-state index in [-0.39, 0.29) is 17.8 Å². The lowest BCUT2D eigenvalue weighted by molar-refractivity contribution is -0.135. The van der Waals surface area contributed by atoms with Crippen molar-refractivity contribution in [3.8, 4) is 0 Å². The summed E-state index contributed by atoms with van der Waals surface area (Å²) in [6.07, 6.45) is 11.6. The number of hydrogen-bond donors (Lipinski definition) is 1. The van der Waals surface area contributed by atoms with E-state index >= 15 is 4.39 Å². The van der Waals surface area contributed by atoms with Gasteiger partial charge in [-0.3, -0.25) is 4.79 Å². The van der Waals surface area contributed by atoms with Crippen LogP contribution < -0.4 is 16.2 Å². The Labute approximate surface area is 183 Å². The Morgan fingerprint density at radius 1 is 1.19 bits per heavy atom. The fourth-order valence-corrected chi connectivity index (χ4v) is 4.93. The molecule has 2 heterocycles. The van der Waals surface area contributed by atoms with Crippen molar-refractivity contribution in [2.75, 3.05) is 26.2 Å². The summed E-state index contributed by atoms with van der Waals surface area (Å²) in [5, 5.41) is 1.82. The van der Waals surface area contributed by atoms with Gasteiger partial charge in [0.25, 0.3) is 0 Å². The molecule has 1 aromatic carbocycles. The quantitative estimate of drug-likeness (QED) is 0.795. The van der Waals surface area contributed by atoms with E-state index in [1.54, 1.807) is 0 Å². The van der Waals surface area contributed by atoms with Crippen LogP contribution >= 0.6 is 0 Å². The zero-order valence-corrected chi connectivity index (χ0v) is 18.1. The highest BCUT2D eigenvalue weighted by Gasteiger charge is 2.36. The predicted molar refractivity (Wildman–Crippen MR) is 124 cm³/mol. The van der Waals surface area contributed by atoms with Crippen LogP contribution in [0.3, 0.4) is 0 Å². The van der Waals surface area contributed by atoms with E-state index < -0.39 is 5.92 Å². The fourth-order valence-electron chi connectivity index (χ4n) is 4.93. The number of halogens is 1. The largest absolute Gasteiger partial charge is 0.404 e. The van der Waals surface area contributed by atoms with Gasteiger partial charge in [0.05, 0.1) is 5.92 Å². The zero-order valence-electron chi connectivity index (χ0n) is 18.1. The minimum absolute atomic E-state index is 0.0730. The standard InChI is InChI=1S/C26H32FN3O/c1-19-7-2-3-8-20(19)15-22(17-28)21-10-11-24(25(27)16-21)26(31)30-14-6-9-23(30)18-29-12-4-5-13-29/h2-3,7-8,10,15-17,23-24H,1,4-6,9,11-14,18,28H2/b20-15-,22-17+. The van der Waals surface area contributed by atoms with Crippen molar-refractivity contribution in [3.63, 3.8) is 0 Å². The number of benzene rings is 1. The Bertz CT molecular complexity index is 1020. The molecule has 1 aromatic rings. The zero-order chi connectivity index (χ0) is 21.8. The molecule has 2 atom stereocenters. The maximum absolute atomic E-state index is 15.1. The minimum atomic E-state index is -0.720. The Morgan fingerprint density at radius 3 is 2.68 bits per heavy atom. The first-order chi connectivity index (χ1) is 15.1. The smallest absolute Gasteiger partial charge is 0.233 e. The molecule has 164 valence electrons. The predicted octanol–water partition coefficient (Wildman–Crippen LogP) is 2.61. The van der Waals surface area contributed by atoms with E-state index in [9.17, 15) is 4.79 Å². The van der Waals surface area contributed by atoms with Crippen LogP contribution in [0.15, 0.2) is 59.6 Å². The molecule has 1 aliphatic carbocycles. The third kappa shape index (κ3) is 4.82. The average Bonchev–Trinajstić information content (AvgIpc) is 3.45. The van der Waals surface area contributed by atoms with Gasteiger partial charge in [-0.25, -0.2) is 4.39 Å². The summed E-state index contributed by atoms with van der Waals surface area (Å²) < 4.78 is 15.1.